The molecule has 0 N–H and O–H groups in total. The van der Waals surface area contributed by atoms with Crippen LogP contribution < -0.4 is 11.1 Å². The van der Waals surface area contributed by atoms with Gasteiger partial charge in [-0.15, -0.1) is 0 Å². The van der Waals surface area contributed by atoms with Crippen LogP contribution in [0.3, 0.4) is 0 Å². The number of amides is 2. The van der Waals surface area contributed by atoms with Crippen molar-refractivity contribution in [1.29, 1.82) is 0 Å². The molecule has 4 bridgehead atoms. The standard InChI is InChI=1S/C23H26N4O3/c28-21-5-1-3-19-17-7-15(11-26(19)21)9-24(13-17)23(30)25-10-16-8-18(14-25)20-4-2-6-22(29)27(20)12-16/h1-6,15-18H,7-14H2/t15-,16?,17-,18?/m0/s1. The zero-order valence-electron chi connectivity index (χ0n) is 16.9. The van der Waals surface area contributed by atoms with Gasteiger partial charge in [0.1, 0.15) is 0 Å². The number of hydrogen-bond acceptors (Lipinski definition) is 3. The van der Waals surface area contributed by atoms with Gasteiger partial charge in [-0.1, -0.05) is 12.1 Å². The van der Waals surface area contributed by atoms with Gasteiger partial charge in [0.05, 0.1) is 0 Å². The Kier molecular flexibility index (Phi) is 3.95. The van der Waals surface area contributed by atoms with Gasteiger partial charge in [-0.05, 0) is 36.8 Å². The van der Waals surface area contributed by atoms with E-state index in [1.165, 1.54) is 0 Å². The maximum Gasteiger partial charge on any atom is 0.320 e. The summed E-state index contributed by atoms with van der Waals surface area (Å²) in [5, 5.41) is 0. The Labute approximate surface area is 174 Å². The highest BCUT2D eigenvalue weighted by atomic mass is 16.2. The first kappa shape index (κ1) is 18.0. The third-order valence-corrected chi connectivity index (χ3v) is 7.50. The van der Waals surface area contributed by atoms with Crippen molar-refractivity contribution in [2.45, 2.75) is 37.8 Å². The van der Waals surface area contributed by atoms with Crippen molar-refractivity contribution >= 4 is 6.03 Å². The van der Waals surface area contributed by atoms with Crippen molar-refractivity contribution in [3.63, 3.8) is 0 Å². The molecule has 2 aromatic heterocycles. The fraction of sp³-hybridized carbons (Fsp3) is 0.522. The Bertz CT molecular complexity index is 1050. The Hall–Kier alpha value is -2.83. The molecule has 4 atom stereocenters. The maximum absolute atomic E-state index is 13.5. The Balaban J connectivity index is 1.24. The minimum atomic E-state index is 0.0692. The van der Waals surface area contributed by atoms with E-state index in [1.54, 1.807) is 12.1 Å². The van der Waals surface area contributed by atoms with Gasteiger partial charge < -0.3 is 18.9 Å². The second kappa shape index (κ2) is 6.59. The number of urea groups is 1. The molecule has 2 amide bonds. The summed E-state index contributed by atoms with van der Waals surface area (Å²) in [4.78, 5) is 42.0. The first-order chi connectivity index (χ1) is 14.6. The zero-order valence-corrected chi connectivity index (χ0v) is 16.9. The summed E-state index contributed by atoms with van der Waals surface area (Å²) in [6, 6.07) is 11.1. The molecule has 2 fully saturated rings. The summed E-state index contributed by atoms with van der Waals surface area (Å²) >= 11 is 0. The molecule has 0 spiro atoms. The van der Waals surface area contributed by atoms with Gasteiger partial charge >= 0.3 is 6.03 Å². The van der Waals surface area contributed by atoms with Crippen LogP contribution in [0.15, 0.2) is 46.0 Å². The number of nitrogens with zero attached hydrogens (tertiary/aromatic N) is 4. The van der Waals surface area contributed by atoms with Crippen LogP contribution in [0.5, 0.6) is 0 Å². The number of aromatic nitrogens is 2. The molecule has 0 aromatic carbocycles. The molecule has 6 heterocycles. The summed E-state index contributed by atoms with van der Waals surface area (Å²) in [6.07, 6.45) is 2.10. The van der Waals surface area contributed by atoms with Crippen LogP contribution in [0.25, 0.3) is 0 Å². The summed E-state index contributed by atoms with van der Waals surface area (Å²) < 4.78 is 3.81. The minimum Gasteiger partial charge on any atom is -0.324 e. The molecule has 4 aliphatic rings. The first-order valence-corrected chi connectivity index (χ1v) is 11.0. The largest absolute Gasteiger partial charge is 0.324 e. The van der Waals surface area contributed by atoms with E-state index in [9.17, 15) is 14.4 Å². The van der Waals surface area contributed by atoms with Crippen LogP contribution >= 0.6 is 0 Å². The highest BCUT2D eigenvalue weighted by molar-refractivity contribution is 5.75. The Morgan fingerprint density at radius 3 is 1.60 bits per heavy atom. The third-order valence-electron chi connectivity index (χ3n) is 7.50. The number of rotatable bonds is 0. The van der Waals surface area contributed by atoms with Gasteiger partial charge in [-0.25, -0.2) is 4.79 Å². The average molecular weight is 406 g/mol. The van der Waals surface area contributed by atoms with E-state index in [-0.39, 0.29) is 29.0 Å². The normalized spacial score (nSPS) is 29.2. The highest BCUT2D eigenvalue weighted by Crippen LogP contribution is 2.38. The summed E-state index contributed by atoms with van der Waals surface area (Å²) in [7, 11) is 0. The first-order valence-electron chi connectivity index (χ1n) is 11.0. The van der Waals surface area contributed by atoms with Gasteiger partial charge in [-0.3, -0.25) is 9.59 Å². The zero-order chi connectivity index (χ0) is 20.4. The lowest BCUT2D eigenvalue weighted by atomic mass is 9.82. The van der Waals surface area contributed by atoms with Gasteiger partial charge in [0.2, 0.25) is 0 Å². The molecule has 2 unspecified atom stereocenters. The molecule has 2 saturated heterocycles. The molecule has 7 heteroatoms. The van der Waals surface area contributed by atoms with Gasteiger partial charge in [0.25, 0.3) is 11.1 Å². The van der Waals surface area contributed by atoms with E-state index in [0.717, 1.165) is 37.3 Å². The number of carbonyl (C=O) groups is 1. The smallest absolute Gasteiger partial charge is 0.320 e. The lowest BCUT2D eigenvalue weighted by molar-refractivity contribution is 0.0778. The quantitative estimate of drug-likeness (QED) is 0.668. The predicted octanol–water partition coefficient (Wildman–Crippen LogP) is 1.67. The molecular weight excluding hydrogens is 380 g/mol. The number of hydrogen-bond donors (Lipinski definition) is 0. The SMILES string of the molecule is O=C(N1CC2CC(C1)c1cccc(=O)n1C2)N1C[C@@H]2C[C@@H](C1)c1cccc(=O)n1C2. The van der Waals surface area contributed by atoms with Gasteiger partial charge in [-0.2, -0.15) is 0 Å². The molecule has 6 rings (SSSR count). The Morgan fingerprint density at radius 2 is 1.13 bits per heavy atom. The predicted molar refractivity (Wildman–Crippen MR) is 112 cm³/mol. The average Bonchev–Trinajstić information content (AvgIpc) is 2.74. The molecule has 156 valence electrons. The number of carbonyl (C=O) groups excluding carboxylic acids is 1. The van der Waals surface area contributed by atoms with E-state index in [0.29, 0.717) is 38.0 Å². The lowest BCUT2D eigenvalue weighted by Gasteiger charge is -2.47. The maximum atomic E-state index is 13.5. The van der Waals surface area contributed by atoms with Crippen LogP contribution in [0.1, 0.15) is 36.1 Å². The molecule has 0 saturated carbocycles. The second-order valence-electron chi connectivity index (χ2n) is 9.49. The fourth-order valence-corrected chi connectivity index (χ4v) is 6.31. The van der Waals surface area contributed by atoms with E-state index in [1.807, 2.05) is 43.2 Å². The number of pyridine rings is 2. The molecule has 2 aromatic rings. The van der Waals surface area contributed by atoms with Crippen LogP contribution in [-0.2, 0) is 13.1 Å². The van der Waals surface area contributed by atoms with Crippen LogP contribution in [0, 0.1) is 11.8 Å². The number of likely N-dealkylation sites (tertiary alicyclic amines) is 2. The third kappa shape index (κ3) is 2.75. The van der Waals surface area contributed by atoms with Crippen molar-refractivity contribution in [2.24, 2.45) is 11.8 Å². The topological polar surface area (TPSA) is 67.6 Å². The lowest BCUT2D eigenvalue weighted by Crippen LogP contribution is -2.56. The van der Waals surface area contributed by atoms with E-state index in [2.05, 4.69) is 0 Å². The highest BCUT2D eigenvalue weighted by Gasteiger charge is 2.41. The van der Waals surface area contributed by atoms with Crippen molar-refractivity contribution < 1.29 is 4.79 Å². The molecule has 0 radical (unpaired) electrons. The fourth-order valence-electron chi connectivity index (χ4n) is 6.31. The Morgan fingerprint density at radius 1 is 0.667 bits per heavy atom. The van der Waals surface area contributed by atoms with Gasteiger partial charge in [0.15, 0.2) is 0 Å². The van der Waals surface area contributed by atoms with Crippen LogP contribution in [0.4, 0.5) is 4.79 Å². The molecule has 0 aliphatic carbocycles. The molecule has 4 aliphatic heterocycles. The minimum absolute atomic E-state index is 0.0692. The van der Waals surface area contributed by atoms with Crippen LogP contribution in [-0.4, -0.2) is 51.1 Å². The van der Waals surface area contributed by atoms with Crippen molar-refractivity contribution in [2.75, 3.05) is 26.2 Å². The van der Waals surface area contributed by atoms with Crippen molar-refractivity contribution in [3.05, 3.63) is 68.5 Å². The van der Waals surface area contributed by atoms with Crippen molar-refractivity contribution in [3.8, 4) is 0 Å². The van der Waals surface area contributed by atoms with Gasteiger partial charge in [0, 0.05) is 74.6 Å². The van der Waals surface area contributed by atoms with E-state index >= 15 is 0 Å². The molecule has 30 heavy (non-hydrogen) atoms. The van der Waals surface area contributed by atoms with Crippen LogP contribution in [0.2, 0.25) is 0 Å². The van der Waals surface area contributed by atoms with E-state index < -0.39 is 0 Å². The van der Waals surface area contributed by atoms with E-state index in [4.69, 9.17) is 0 Å². The monoisotopic (exact) mass is 406 g/mol. The summed E-state index contributed by atoms with van der Waals surface area (Å²) in [5.74, 6) is 1.14. The van der Waals surface area contributed by atoms with Crippen molar-refractivity contribution in [1.82, 2.24) is 18.9 Å². The number of fused-ring (bicyclic) bond motifs is 8. The molecular formula is C23H26N4O3. The second-order valence-corrected chi connectivity index (χ2v) is 9.49. The molecule has 7 nitrogen and oxygen atoms in total. The summed E-state index contributed by atoms with van der Waals surface area (Å²) in [5.41, 5.74) is 2.28. The summed E-state index contributed by atoms with van der Waals surface area (Å²) in [6.45, 7) is 4.21. The number of piperidine rings is 2.